The molecule has 142 valence electrons. The average Bonchev–Trinajstić information content (AvgIpc) is 3.06. The summed E-state index contributed by atoms with van der Waals surface area (Å²) in [5, 5.41) is 12.8. The predicted molar refractivity (Wildman–Crippen MR) is 109 cm³/mol. The summed E-state index contributed by atoms with van der Waals surface area (Å²) in [6, 6.07) is 8.58. The van der Waals surface area contributed by atoms with E-state index >= 15 is 0 Å². The molecule has 0 unspecified atom stereocenters. The molecule has 0 saturated carbocycles. The predicted octanol–water partition coefficient (Wildman–Crippen LogP) is 3.54. The van der Waals surface area contributed by atoms with Gasteiger partial charge in [0.2, 0.25) is 0 Å². The molecule has 27 heavy (non-hydrogen) atoms. The van der Waals surface area contributed by atoms with E-state index in [0.717, 1.165) is 35.6 Å². The van der Waals surface area contributed by atoms with E-state index in [0.29, 0.717) is 6.04 Å². The lowest BCUT2D eigenvalue weighted by molar-refractivity contribution is 0.160. The highest BCUT2D eigenvalue weighted by Crippen LogP contribution is 2.32. The Morgan fingerprint density at radius 3 is 2.44 bits per heavy atom. The van der Waals surface area contributed by atoms with Crippen molar-refractivity contribution in [2.45, 2.75) is 57.7 Å². The van der Waals surface area contributed by atoms with Crippen molar-refractivity contribution in [3.8, 4) is 11.3 Å². The van der Waals surface area contributed by atoms with E-state index in [1.807, 2.05) is 35.0 Å². The first-order valence-corrected chi connectivity index (χ1v) is 9.52. The first-order valence-electron chi connectivity index (χ1n) is 9.52. The molecule has 6 nitrogen and oxygen atoms in total. The Morgan fingerprint density at radius 2 is 1.78 bits per heavy atom. The normalized spacial score (nSPS) is 19.3. The van der Waals surface area contributed by atoms with E-state index in [4.69, 9.17) is 0 Å². The summed E-state index contributed by atoms with van der Waals surface area (Å²) in [7, 11) is 2.13. The van der Waals surface area contributed by atoms with Crippen molar-refractivity contribution < 1.29 is 0 Å². The minimum absolute atomic E-state index is 0.105. The third-order valence-corrected chi connectivity index (χ3v) is 5.41. The summed E-state index contributed by atoms with van der Waals surface area (Å²) in [4.78, 5) is 6.56. The highest BCUT2D eigenvalue weighted by molar-refractivity contribution is 5.61. The molecule has 1 fully saturated rings. The second-order valence-electron chi connectivity index (χ2n) is 8.95. The Hall–Kier alpha value is -2.47. The Labute approximate surface area is 160 Å². The molecule has 1 N–H and O–H groups in total. The molecule has 0 atom stereocenters. The van der Waals surface area contributed by atoms with Crippen molar-refractivity contribution in [3.05, 3.63) is 42.9 Å². The highest BCUT2D eigenvalue weighted by Gasteiger charge is 2.39. The van der Waals surface area contributed by atoms with Crippen LogP contribution < -0.4 is 10.2 Å². The molecule has 0 amide bonds. The van der Waals surface area contributed by atoms with Crippen LogP contribution in [0.4, 0.5) is 5.82 Å². The maximum absolute atomic E-state index is 4.52. The summed E-state index contributed by atoms with van der Waals surface area (Å²) in [5.41, 5.74) is 3.04. The number of rotatable bonds is 3. The fourth-order valence-corrected chi connectivity index (χ4v) is 4.47. The SMILES string of the molecule is CN(c1ccc(-c2ccc3nccn3c2)nn1)C1CC(C)(C)NC(C)(C)C1. The zero-order valence-electron chi connectivity index (χ0n) is 16.8. The Bertz CT molecular complexity index is 925. The smallest absolute Gasteiger partial charge is 0.151 e. The van der Waals surface area contributed by atoms with Gasteiger partial charge in [-0.15, -0.1) is 10.2 Å². The zero-order chi connectivity index (χ0) is 19.2. The monoisotopic (exact) mass is 364 g/mol. The lowest BCUT2D eigenvalue weighted by Gasteiger charge is -2.49. The van der Waals surface area contributed by atoms with Gasteiger partial charge < -0.3 is 14.6 Å². The number of aromatic nitrogens is 4. The van der Waals surface area contributed by atoms with Crippen LogP contribution in [0.3, 0.4) is 0 Å². The number of piperidine rings is 1. The minimum Gasteiger partial charge on any atom is -0.355 e. The maximum Gasteiger partial charge on any atom is 0.151 e. The van der Waals surface area contributed by atoms with Gasteiger partial charge in [-0.25, -0.2) is 4.98 Å². The van der Waals surface area contributed by atoms with Crippen LogP contribution >= 0.6 is 0 Å². The topological polar surface area (TPSA) is 58.4 Å². The van der Waals surface area contributed by atoms with Gasteiger partial charge in [-0.2, -0.15) is 0 Å². The molecular weight excluding hydrogens is 336 g/mol. The second-order valence-corrected chi connectivity index (χ2v) is 8.95. The van der Waals surface area contributed by atoms with Crippen LogP contribution in [-0.4, -0.2) is 43.7 Å². The Morgan fingerprint density at radius 1 is 1.04 bits per heavy atom. The molecule has 3 aromatic rings. The Kier molecular flexibility index (Phi) is 4.18. The molecule has 0 spiro atoms. The number of anilines is 1. The largest absolute Gasteiger partial charge is 0.355 e. The average molecular weight is 364 g/mol. The van der Waals surface area contributed by atoms with Gasteiger partial charge in [0.05, 0.1) is 5.69 Å². The number of fused-ring (bicyclic) bond motifs is 1. The summed E-state index contributed by atoms with van der Waals surface area (Å²) >= 11 is 0. The standard InChI is InChI=1S/C21H28N6/c1-20(2)12-16(13-21(3,4)25-20)26(5)19-9-7-17(23-24-19)15-6-8-18-22-10-11-27(18)14-15/h6-11,14,16,25H,12-13H2,1-5H3. The third-order valence-electron chi connectivity index (χ3n) is 5.41. The summed E-state index contributed by atoms with van der Waals surface area (Å²) < 4.78 is 2.00. The molecule has 1 aliphatic heterocycles. The fraction of sp³-hybridized carbons (Fsp3) is 0.476. The van der Waals surface area contributed by atoms with E-state index in [9.17, 15) is 0 Å². The number of pyridine rings is 1. The fourth-order valence-electron chi connectivity index (χ4n) is 4.47. The van der Waals surface area contributed by atoms with Crippen LogP contribution in [0.15, 0.2) is 42.9 Å². The first kappa shape index (κ1) is 17.9. The lowest BCUT2D eigenvalue weighted by Crippen LogP contribution is -2.62. The summed E-state index contributed by atoms with van der Waals surface area (Å²) in [6.45, 7) is 9.09. The van der Waals surface area contributed by atoms with Gasteiger partial charge in [0, 0.05) is 48.3 Å². The van der Waals surface area contributed by atoms with Gasteiger partial charge in [0.1, 0.15) is 5.65 Å². The number of nitrogens with zero attached hydrogens (tertiary/aromatic N) is 5. The van der Waals surface area contributed by atoms with E-state index in [1.54, 1.807) is 6.20 Å². The van der Waals surface area contributed by atoms with Crippen molar-refractivity contribution in [1.82, 2.24) is 24.9 Å². The van der Waals surface area contributed by atoms with Gasteiger partial charge >= 0.3 is 0 Å². The molecule has 3 aromatic heterocycles. The van der Waals surface area contributed by atoms with E-state index in [1.165, 1.54) is 0 Å². The van der Waals surface area contributed by atoms with Crippen molar-refractivity contribution in [3.63, 3.8) is 0 Å². The molecule has 4 heterocycles. The number of nitrogens with one attached hydrogen (secondary N) is 1. The number of hydrogen-bond donors (Lipinski definition) is 1. The van der Waals surface area contributed by atoms with Crippen molar-refractivity contribution in [2.75, 3.05) is 11.9 Å². The lowest BCUT2D eigenvalue weighted by atomic mass is 9.79. The van der Waals surface area contributed by atoms with E-state index in [-0.39, 0.29) is 11.1 Å². The molecule has 0 radical (unpaired) electrons. The van der Waals surface area contributed by atoms with E-state index in [2.05, 4.69) is 66.2 Å². The van der Waals surface area contributed by atoms with Gasteiger partial charge in [-0.1, -0.05) is 0 Å². The van der Waals surface area contributed by atoms with Crippen LogP contribution in [-0.2, 0) is 0 Å². The molecule has 0 aromatic carbocycles. The first-order chi connectivity index (χ1) is 12.7. The quantitative estimate of drug-likeness (QED) is 0.770. The molecule has 0 bridgehead atoms. The minimum atomic E-state index is 0.105. The van der Waals surface area contributed by atoms with Gasteiger partial charge in [-0.3, -0.25) is 0 Å². The maximum atomic E-state index is 4.52. The highest BCUT2D eigenvalue weighted by atomic mass is 15.3. The molecule has 4 rings (SSSR count). The van der Waals surface area contributed by atoms with Crippen molar-refractivity contribution >= 4 is 11.5 Å². The van der Waals surface area contributed by atoms with Crippen molar-refractivity contribution in [2.24, 2.45) is 0 Å². The van der Waals surface area contributed by atoms with Gasteiger partial charge in [0.25, 0.3) is 0 Å². The zero-order valence-corrected chi connectivity index (χ0v) is 16.8. The summed E-state index contributed by atoms with van der Waals surface area (Å²) in [5.74, 6) is 0.918. The molecule has 1 saturated heterocycles. The molecule has 0 aliphatic carbocycles. The van der Waals surface area contributed by atoms with Crippen LogP contribution in [0, 0.1) is 0 Å². The molecular formula is C21H28N6. The number of hydrogen-bond acceptors (Lipinski definition) is 5. The molecule has 6 heteroatoms. The third kappa shape index (κ3) is 3.67. The Balaban J connectivity index is 1.56. The van der Waals surface area contributed by atoms with Gasteiger partial charge in [0.15, 0.2) is 5.82 Å². The van der Waals surface area contributed by atoms with Crippen molar-refractivity contribution in [1.29, 1.82) is 0 Å². The van der Waals surface area contributed by atoms with Crippen LogP contribution in [0.1, 0.15) is 40.5 Å². The number of imidazole rings is 1. The summed E-state index contributed by atoms with van der Waals surface area (Å²) in [6.07, 6.45) is 7.93. The second kappa shape index (κ2) is 6.30. The van der Waals surface area contributed by atoms with Crippen LogP contribution in [0.2, 0.25) is 0 Å². The molecule has 1 aliphatic rings. The van der Waals surface area contributed by atoms with Gasteiger partial charge in [-0.05, 0) is 64.8 Å². The van der Waals surface area contributed by atoms with Crippen LogP contribution in [0.25, 0.3) is 16.9 Å². The van der Waals surface area contributed by atoms with Crippen LogP contribution in [0.5, 0.6) is 0 Å². The van der Waals surface area contributed by atoms with E-state index < -0.39 is 0 Å².